The third-order valence-electron chi connectivity index (χ3n) is 3.26. The van der Waals surface area contributed by atoms with Crippen molar-refractivity contribution in [3.63, 3.8) is 0 Å². The van der Waals surface area contributed by atoms with Crippen LogP contribution in [0.1, 0.15) is 33.6 Å². The summed E-state index contributed by atoms with van der Waals surface area (Å²) in [6, 6.07) is 0. The maximum atomic E-state index is 12.0. The molecule has 1 amide bonds. The summed E-state index contributed by atoms with van der Waals surface area (Å²) in [6.07, 6.45) is 3.31. The Morgan fingerprint density at radius 3 is 2.72 bits per heavy atom. The van der Waals surface area contributed by atoms with Gasteiger partial charge in [0.25, 0.3) is 0 Å². The summed E-state index contributed by atoms with van der Waals surface area (Å²) in [5.74, 6) is 0.671. The number of likely N-dealkylation sites (tertiary alicyclic amines) is 1. The minimum atomic E-state index is -0.456. The van der Waals surface area contributed by atoms with Crippen LogP contribution in [-0.4, -0.2) is 41.4 Å². The van der Waals surface area contributed by atoms with E-state index in [1.165, 1.54) is 0 Å². The van der Waals surface area contributed by atoms with Gasteiger partial charge in [-0.05, 0) is 45.4 Å². The first-order valence-electron chi connectivity index (χ1n) is 6.58. The van der Waals surface area contributed by atoms with Gasteiger partial charge in [-0.15, -0.1) is 6.58 Å². The molecule has 0 aromatic rings. The highest BCUT2D eigenvalue weighted by atomic mass is 16.6. The van der Waals surface area contributed by atoms with Gasteiger partial charge < -0.3 is 14.7 Å². The van der Waals surface area contributed by atoms with Crippen LogP contribution < -0.4 is 0 Å². The molecule has 0 radical (unpaired) electrons. The molecule has 0 unspecified atom stereocenters. The zero-order chi connectivity index (χ0) is 13.8. The van der Waals surface area contributed by atoms with E-state index in [1.807, 2.05) is 26.8 Å². The Bertz CT molecular complexity index is 296. The summed E-state index contributed by atoms with van der Waals surface area (Å²) in [5, 5.41) is 9.02. The maximum absolute atomic E-state index is 12.0. The van der Waals surface area contributed by atoms with E-state index >= 15 is 0 Å². The van der Waals surface area contributed by atoms with Crippen LogP contribution in [0.3, 0.4) is 0 Å². The smallest absolute Gasteiger partial charge is 0.410 e. The molecule has 2 atom stereocenters. The van der Waals surface area contributed by atoms with Gasteiger partial charge in [-0.2, -0.15) is 0 Å². The van der Waals surface area contributed by atoms with Crippen LogP contribution in [0, 0.1) is 11.8 Å². The van der Waals surface area contributed by atoms with E-state index in [9.17, 15) is 4.79 Å². The number of aliphatic hydroxyl groups excluding tert-OH is 1. The Morgan fingerprint density at radius 1 is 1.56 bits per heavy atom. The molecule has 0 aliphatic carbocycles. The van der Waals surface area contributed by atoms with Gasteiger partial charge in [0.15, 0.2) is 0 Å². The van der Waals surface area contributed by atoms with Gasteiger partial charge in [-0.1, -0.05) is 6.08 Å². The number of piperidine rings is 1. The molecule has 1 fully saturated rings. The van der Waals surface area contributed by atoms with Gasteiger partial charge in [0.05, 0.1) is 0 Å². The lowest BCUT2D eigenvalue weighted by Gasteiger charge is -2.37. The average Bonchev–Trinajstić information content (AvgIpc) is 2.27. The molecule has 1 heterocycles. The highest BCUT2D eigenvalue weighted by Crippen LogP contribution is 2.28. The van der Waals surface area contributed by atoms with E-state index in [4.69, 9.17) is 9.84 Å². The second-order valence-electron chi connectivity index (χ2n) is 5.89. The van der Waals surface area contributed by atoms with Crippen molar-refractivity contribution in [1.82, 2.24) is 4.90 Å². The lowest BCUT2D eigenvalue weighted by molar-refractivity contribution is 0.0124. The summed E-state index contributed by atoms with van der Waals surface area (Å²) in [6.45, 7) is 11.0. The zero-order valence-electron chi connectivity index (χ0n) is 11.7. The molecule has 4 heteroatoms. The zero-order valence-corrected chi connectivity index (χ0v) is 11.7. The van der Waals surface area contributed by atoms with Crippen LogP contribution in [0.15, 0.2) is 12.7 Å². The van der Waals surface area contributed by atoms with Crippen molar-refractivity contribution in [2.45, 2.75) is 39.2 Å². The van der Waals surface area contributed by atoms with Crippen LogP contribution in [-0.2, 0) is 4.74 Å². The van der Waals surface area contributed by atoms with Crippen LogP contribution in [0.25, 0.3) is 0 Å². The monoisotopic (exact) mass is 255 g/mol. The summed E-state index contributed by atoms with van der Waals surface area (Å²) >= 11 is 0. The van der Waals surface area contributed by atoms with E-state index in [0.29, 0.717) is 19.0 Å². The summed E-state index contributed by atoms with van der Waals surface area (Å²) in [7, 11) is 0. The molecule has 1 saturated heterocycles. The van der Waals surface area contributed by atoms with Gasteiger partial charge in [0, 0.05) is 19.7 Å². The van der Waals surface area contributed by atoms with Gasteiger partial charge in [-0.3, -0.25) is 0 Å². The molecular weight excluding hydrogens is 230 g/mol. The number of amides is 1. The van der Waals surface area contributed by atoms with E-state index in [1.54, 1.807) is 4.90 Å². The predicted molar refractivity (Wildman–Crippen MR) is 71.3 cm³/mol. The van der Waals surface area contributed by atoms with Crippen molar-refractivity contribution < 1.29 is 14.6 Å². The standard InChI is InChI=1S/C14H25NO3/c1-5-11-10-15(8-6-12(11)7-9-16)13(17)18-14(2,3)4/h5,11-12,16H,1,6-10H2,2-4H3/t11-,12-/m0/s1. The van der Waals surface area contributed by atoms with Crippen molar-refractivity contribution in [1.29, 1.82) is 0 Å². The number of carbonyl (C=O) groups is 1. The molecule has 1 aliphatic heterocycles. The molecule has 18 heavy (non-hydrogen) atoms. The molecule has 1 aliphatic rings. The molecule has 1 rings (SSSR count). The summed E-state index contributed by atoms with van der Waals surface area (Å²) in [4.78, 5) is 13.7. The Kier molecular flexibility index (Phi) is 5.20. The van der Waals surface area contributed by atoms with E-state index in [2.05, 4.69) is 6.58 Å². The first-order chi connectivity index (χ1) is 8.37. The van der Waals surface area contributed by atoms with Crippen LogP contribution in [0.4, 0.5) is 4.79 Å². The SMILES string of the molecule is C=C[C@H]1CN(C(=O)OC(C)(C)C)CC[C@H]1CCO. The number of carbonyl (C=O) groups excluding carboxylic acids is 1. The number of rotatable bonds is 3. The number of aliphatic hydroxyl groups is 1. The molecule has 104 valence electrons. The molecule has 4 nitrogen and oxygen atoms in total. The fraction of sp³-hybridized carbons (Fsp3) is 0.786. The highest BCUT2D eigenvalue weighted by Gasteiger charge is 2.31. The first kappa shape index (κ1) is 15.0. The van der Waals surface area contributed by atoms with Crippen LogP contribution in [0.2, 0.25) is 0 Å². The Hall–Kier alpha value is -1.03. The molecule has 0 aromatic carbocycles. The van der Waals surface area contributed by atoms with Crippen molar-refractivity contribution >= 4 is 6.09 Å². The predicted octanol–water partition coefficient (Wildman–Crippen LogP) is 2.43. The number of ether oxygens (including phenoxy) is 1. The topological polar surface area (TPSA) is 49.8 Å². The largest absolute Gasteiger partial charge is 0.444 e. The lowest BCUT2D eigenvalue weighted by Crippen LogP contribution is -2.45. The van der Waals surface area contributed by atoms with Crippen LogP contribution in [0.5, 0.6) is 0 Å². The van der Waals surface area contributed by atoms with E-state index in [-0.39, 0.29) is 18.6 Å². The number of hydrogen-bond acceptors (Lipinski definition) is 3. The maximum Gasteiger partial charge on any atom is 0.410 e. The van der Waals surface area contributed by atoms with E-state index < -0.39 is 5.60 Å². The Morgan fingerprint density at radius 2 is 2.22 bits per heavy atom. The van der Waals surface area contributed by atoms with Crippen molar-refractivity contribution in [3.8, 4) is 0 Å². The Labute approximate surface area is 110 Å². The third kappa shape index (κ3) is 4.33. The number of nitrogens with zero attached hydrogens (tertiary/aromatic N) is 1. The number of hydrogen-bond donors (Lipinski definition) is 1. The average molecular weight is 255 g/mol. The summed E-state index contributed by atoms with van der Waals surface area (Å²) in [5.41, 5.74) is -0.456. The first-order valence-corrected chi connectivity index (χ1v) is 6.58. The van der Waals surface area contributed by atoms with E-state index in [0.717, 1.165) is 12.8 Å². The van der Waals surface area contributed by atoms with Crippen molar-refractivity contribution in [3.05, 3.63) is 12.7 Å². The molecular formula is C14H25NO3. The fourth-order valence-corrected chi connectivity index (χ4v) is 2.31. The Balaban J connectivity index is 2.56. The quantitative estimate of drug-likeness (QED) is 0.788. The molecule has 0 bridgehead atoms. The lowest BCUT2D eigenvalue weighted by atomic mass is 9.83. The molecule has 1 N–H and O–H groups in total. The van der Waals surface area contributed by atoms with Gasteiger partial charge in [-0.25, -0.2) is 4.79 Å². The molecule has 0 aromatic heterocycles. The van der Waals surface area contributed by atoms with Crippen LogP contribution >= 0.6 is 0 Å². The van der Waals surface area contributed by atoms with Crippen molar-refractivity contribution in [2.24, 2.45) is 11.8 Å². The van der Waals surface area contributed by atoms with Crippen molar-refractivity contribution in [2.75, 3.05) is 19.7 Å². The molecule has 0 spiro atoms. The normalized spacial score (nSPS) is 24.8. The second kappa shape index (κ2) is 6.23. The van der Waals surface area contributed by atoms with Gasteiger partial charge in [0.1, 0.15) is 5.60 Å². The van der Waals surface area contributed by atoms with Gasteiger partial charge in [0.2, 0.25) is 0 Å². The van der Waals surface area contributed by atoms with Gasteiger partial charge >= 0.3 is 6.09 Å². The minimum absolute atomic E-state index is 0.196. The summed E-state index contributed by atoms with van der Waals surface area (Å²) < 4.78 is 5.37. The second-order valence-corrected chi connectivity index (χ2v) is 5.89. The molecule has 0 saturated carbocycles. The minimum Gasteiger partial charge on any atom is -0.444 e. The highest BCUT2D eigenvalue weighted by molar-refractivity contribution is 5.68. The third-order valence-corrected chi connectivity index (χ3v) is 3.26. The fourth-order valence-electron chi connectivity index (χ4n) is 2.31.